The number of rotatable bonds is 5. The largest absolute Gasteiger partial charge is 0.506 e. The van der Waals surface area contributed by atoms with Gasteiger partial charge < -0.3 is 10.4 Å². The van der Waals surface area contributed by atoms with Crippen molar-refractivity contribution in [2.75, 3.05) is 0 Å². The molecule has 1 aliphatic rings. The van der Waals surface area contributed by atoms with Gasteiger partial charge in [-0.1, -0.05) is 48.2 Å². The number of hydrogen-bond donors (Lipinski definition) is 2. The first-order valence-corrected chi connectivity index (χ1v) is 9.59. The molecule has 0 bridgehead atoms. The maximum Gasteiger partial charge on any atom is 0.256 e. The van der Waals surface area contributed by atoms with E-state index < -0.39 is 0 Å². The van der Waals surface area contributed by atoms with Gasteiger partial charge in [0, 0.05) is 22.8 Å². The van der Waals surface area contributed by atoms with E-state index in [-0.39, 0.29) is 23.3 Å². The number of hydrogen-bond acceptors (Lipinski definition) is 3. The summed E-state index contributed by atoms with van der Waals surface area (Å²) < 4.78 is 0. The highest BCUT2D eigenvalue weighted by molar-refractivity contribution is 6.33. The fourth-order valence-electron chi connectivity index (χ4n) is 3.03. The molecule has 0 aliphatic heterocycles. The van der Waals surface area contributed by atoms with Gasteiger partial charge in [0.1, 0.15) is 11.3 Å². The number of carbonyl (C=O) groups excluding carboxylic acids is 1. The van der Waals surface area contributed by atoms with Crippen LogP contribution in [0.25, 0.3) is 5.76 Å². The van der Waals surface area contributed by atoms with E-state index in [9.17, 15) is 9.90 Å². The van der Waals surface area contributed by atoms with Crippen LogP contribution in [0.5, 0.6) is 0 Å². The van der Waals surface area contributed by atoms with Gasteiger partial charge in [-0.05, 0) is 49.2 Å². The molecule has 0 atom stereocenters. The zero-order valence-electron chi connectivity index (χ0n) is 14.7. The smallest absolute Gasteiger partial charge is 0.256 e. The summed E-state index contributed by atoms with van der Waals surface area (Å²) in [5, 5.41) is 14.7. The van der Waals surface area contributed by atoms with Crippen LogP contribution in [0.1, 0.15) is 31.2 Å². The van der Waals surface area contributed by atoms with E-state index in [2.05, 4.69) is 10.3 Å². The van der Waals surface area contributed by atoms with Crippen LogP contribution in [0.4, 0.5) is 5.69 Å². The Hall–Kier alpha value is -2.30. The van der Waals surface area contributed by atoms with Crippen LogP contribution in [0.15, 0.2) is 59.1 Å². The van der Waals surface area contributed by atoms with Crippen molar-refractivity contribution in [3.05, 3.63) is 69.7 Å². The quantitative estimate of drug-likeness (QED) is 0.381. The zero-order valence-corrected chi connectivity index (χ0v) is 16.2. The van der Waals surface area contributed by atoms with Crippen molar-refractivity contribution in [1.29, 1.82) is 0 Å². The molecule has 4 nitrogen and oxygen atoms in total. The second-order valence-corrected chi connectivity index (χ2v) is 7.28. The van der Waals surface area contributed by atoms with Gasteiger partial charge in [0.05, 0.1) is 10.7 Å². The number of nitrogens with zero attached hydrogens (tertiary/aromatic N) is 1. The fourth-order valence-corrected chi connectivity index (χ4v) is 3.38. The molecule has 2 N–H and O–H groups in total. The Kier molecular flexibility index (Phi) is 6.54. The summed E-state index contributed by atoms with van der Waals surface area (Å²) in [6, 6.07) is 13.9. The second kappa shape index (κ2) is 9.07. The minimum Gasteiger partial charge on any atom is -0.506 e. The van der Waals surface area contributed by atoms with Gasteiger partial charge in [-0.15, -0.1) is 0 Å². The van der Waals surface area contributed by atoms with Gasteiger partial charge in [0.2, 0.25) is 0 Å². The van der Waals surface area contributed by atoms with Crippen molar-refractivity contribution >= 4 is 46.8 Å². The first kappa shape index (κ1) is 19.5. The first-order valence-electron chi connectivity index (χ1n) is 8.83. The Morgan fingerprint density at radius 1 is 1.07 bits per heavy atom. The fraction of sp³-hybridized carbons (Fsp3) is 0.238. The molecular weight excluding hydrogens is 383 g/mol. The Balaban J connectivity index is 1.94. The molecule has 27 heavy (non-hydrogen) atoms. The molecule has 1 fully saturated rings. The molecule has 1 saturated carbocycles. The lowest BCUT2D eigenvalue weighted by atomic mass is 10.1. The first-order chi connectivity index (χ1) is 13.0. The van der Waals surface area contributed by atoms with Crippen LogP contribution in [0.2, 0.25) is 10.0 Å². The van der Waals surface area contributed by atoms with Crippen molar-refractivity contribution in [2.24, 2.45) is 4.99 Å². The topological polar surface area (TPSA) is 61.7 Å². The summed E-state index contributed by atoms with van der Waals surface area (Å²) in [5.74, 6) is -0.564. The van der Waals surface area contributed by atoms with E-state index in [4.69, 9.17) is 23.2 Å². The lowest BCUT2D eigenvalue weighted by molar-refractivity contribution is -0.117. The predicted octanol–water partition coefficient (Wildman–Crippen LogP) is 5.72. The van der Waals surface area contributed by atoms with Gasteiger partial charge in [0.25, 0.3) is 5.91 Å². The maximum absolute atomic E-state index is 12.8. The summed E-state index contributed by atoms with van der Waals surface area (Å²) in [4.78, 5) is 17.1. The summed E-state index contributed by atoms with van der Waals surface area (Å²) in [5.41, 5.74) is 1.08. The molecule has 6 heteroatoms. The minimum absolute atomic E-state index is 0.0740. The van der Waals surface area contributed by atoms with Crippen LogP contribution in [0.3, 0.4) is 0 Å². The van der Waals surface area contributed by atoms with E-state index in [0.717, 1.165) is 25.7 Å². The highest BCUT2D eigenvalue weighted by Crippen LogP contribution is 2.25. The number of amides is 1. The van der Waals surface area contributed by atoms with Crippen LogP contribution < -0.4 is 5.32 Å². The van der Waals surface area contributed by atoms with Gasteiger partial charge in [-0.25, -0.2) is 0 Å². The summed E-state index contributed by atoms with van der Waals surface area (Å²) in [6.07, 6.45) is 5.45. The summed E-state index contributed by atoms with van der Waals surface area (Å²) in [7, 11) is 0. The molecule has 2 aromatic rings. The normalized spacial score (nSPS) is 15.8. The lowest BCUT2D eigenvalue weighted by Gasteiger charge is -2.14. The Labute approximate surface area is 168 Å². The van der Waals surface area contributed by atoms with Crippen LogP contribution in [0, 0.1) is 0 Å². The van der Waals surface area contributed by atoms with E-state index >= 15 is 0 Å². The second-order valence-electron chi connectivity index (χ2n) is 6.43. The van der Waals surface area contributed by atoms with Crippen LogP contribution >= 0.6 is 23.2 Å². The molecule has 1 amide bonds. The third-order valence-corrected chi connectivity index (χ3v) is 5.07. The maximum atomic E-state index is 12.8. The molecule has 0 saturated heterocycles. The summed E-state index contributed by atoms with van der Waals surface area (Å²) in [6.45, 7) is 0. The average molecular weight is 403 g/mol. The summed E-state index contributed by atoms with van der Waals surface area (Å²) >= 11 is 12.1. The molecular formula is C21H20Cl2N2O2. The van der Waals surface area contributed by atoms with Crippen molar-refractivity contribution in [3.63, 3.8) is 0 Å². The number of halogens is 2. The molecule has 0 aromatic heterocycles. The van der Waals surface area contributed by atoms with Gasteiger partial charge in [-0.2, -0.15) is 0 Å². The minimum atomic E-state index is -0.364. The Bertz CT molecular complexity index is 870. The molecule has 0 unspecified atom stereocenters. The van der Waals surface area contributed by atoms with E-state index in [0.29, 0.717) is 21.3 Å². The van der Waals surface area contributed by atoms with Gasteiger partial charge in [-0.3, -0.25) is 9.79 Å². The Morgan fingerprint density at radius 3 is 2.41 bits per heavy atom. The van der Waals surface area contributed by atoms with Crippen molar-refractivity contribution in [1.82, 2.24) is 5.32 Å². The highest BCUT2D eigenvalue weighted by Gasteiger charge is 2.22. The number of carbonyl (C=O) groups is 1. The number of nitrogens with one attached hydrogen (secondary N) is 1. The molecule has 0 radical (unpaired) electrons. The monoisotopic (exact) mass is 402 g/mol. The zero-order chi connectivity index (χ0) is 19.2. The average Bonchev–Trinajstić information content (AvgIpc) is 3.16. The molecule has 3 rings (SSSR count). The van der Waals surface area contributed by atoms with Crippen molar-refractivity contribution < 1.29 is 9.90 Å². The Morgan fingerprint density at radius 2 is 1.74 bits per heavy atom. The van der Waals surface area contributed by atoms with Gasteiger partial charge in [0.15, 0.2) is 0 Å². The van der Waals surface area contributed by atoms with E-state index in [1.807, 2.05) is 0 Å². The molecule has 2 aromatic carbocycles. The SMILES string of the molecule is O=C(NC1CCCC1)C(C=Nc1ccc(Cl)cc1)=C(O)c1ccccc1Cl. The lowest BCUT2D eigenvalue weighted by Crippen LogP contribution is -2.34. The third kappa shape index (κ3) is 5.12. The number of aliphatic hydroxyl groups is 1. The van der Waals surface area contributed by atoms with Crippen LogP contribution in [-0.4, -0.2) is 23.3 Å². The standard InChI is InChI=1S/C21H20Cl2N2O2/c22-14-9-11-15(12-10-14)24-13-18(21(27)25-16-5-1-2-6-16)20(26)17-7-3-4-8-19(17)23/h3-4,7-13,16,26H,1-2,5-6H2,(H,25,27). The molecule has 1 aliphatic carbocycles. The van der Waals surface area contributed by atoms with Crippen molar-refractivity contribution in [2.45, 2.75) is 31.7 Å². The van der Waals surface area contributed by atoms with Crippen LogP contribution in [-0.2, 0) is 4.79 Å². The van der Waals surface area contributed by atoms with Gasteiger partial charge >= 0.3 is 0 Å². The number of benzene rings is 2. The molecule has 0 spiro atoms. The molecule has 0 heterocycles. The number of aliphatic hydroxyl groups excluding tert-OH is 1. The third-order valence-electron chi connectivity index (χ3n) is 4.49. The predicted molar refractivity (Wildman–Crippen MR) is 111 cm³/mol. The van der Waals surface area contributed by atoms with E-state index in [1.54, 1.807) is 48.5 Å². The molecule has 140 valence electrons. The number of aliphatic imine (C=N–C) groups is 1. The highest BCUT2D eigenvalue weighted by atomic mass is 35.5. The van der Waals surface area contributed by atoms with Crippen molar-refractivity contribution in [3.8, 4) is 0 Å². The van der Waals surface area contributed by atoms with E-state index in [1.165, 1.54) is 6.21 Å².